The predicted molar refractivity (Wildman–Crippen MR) is 110 cm³/mol. The number of hydrogen-bond donors (Lipinski definition) is 1. The molecule has 28 heavy (non-hydrogen) atoms. The molecule has 0 radical (unpaired) electrons. The van der Waals surface area contributed by atoms with Crippen molar-refractivity contribution in [3.8, 4) is 0 Å². The Morgan fingerprint density at radius 2 is 1.82 bits per heavy atom. The van der Waals surface area contributed by atoms with Gasteiger partial charge in [0.1, 0.15) is 4.90 Å². The maximum atomic E-state index is 13.4. The molecule has 1 saturated heterocycles. The van der Waals surface area contributed by atoms with E-state index in [1.54, 1.807) is 23.1 Å². The van der Waals surface area contributed by atoms with E-state index in [0.717, 1.165) is 6.54 Å². The fourth-order valence-corrected chi connectivity index (χ4v) is 6.40. The third-order valence-electron chi connectivity index (χ3n) is 6.16. The zero-order chi connectivity index (χ0) is 20.1. The van der Waals surface area contributed by atoms with E-state index in [9.17, 15) is 13.2 Å². The molecule has 154 valence electrons. The minimum Gasteiger partial charge on any atom is -0.305 e. The van der Waals surface area contributed by atoms with Crippen LogP contribution >= 0.6 is 0 Å². The molecule has 2 heterocycles. The van der Waals surface area contributed by atoms with Crippen molar-refractivity contribution in [3.63, 3.8) is 0 Å². The van der Waals surface area contributed by atoms with E-state index in [-0.39, 0.29) is 28.3 Å². The molecule has 3 aliphatic rings. The lowest BCUT2D eigenvalue weighted by Gasteiger charge is -2.33. The van der Waals surface area contributed by atoms with Crippen LogP contribution in [0.15, 0.2) is 29.2 Å². The van der Waals surface area contributed by atoms with Crippen LogP contribution in [0.5, 0.6) is 0 Å². The number of sulfonamides is 1. The first-order chi connectivity index (χ1) is 13.2. The maximum Gasteiger partial charge on any atom is 0.243 e. The van der Waals surface area contributed by atoms with Gasteiger partial charge in [-0.3, -0.25) is 9.69 Å². The van der Waals surface area contributed by atoms with Crippen molar-refractivity contribution in [2.75, 3.05) is 18.0 Å². The van der Waals surface area contributed by atoms with Gasteiger partial charge in [-0.2, -0.15) is 0 Å². The number of rotatable bonds is 2. The van der Waals surface area contributed by atoms with Crippen LogP contribution in [-0.4, -0.2) is 50.4 Å². The van der Waals surface area contributed by atoms with Crippen molar-refractivity contribution in [2.24, 2.45) is 5.41 Å². The van der Waals surface area contributed by atoms with Crippen molar-refractivity contribution in [1.29, 1.82) is 0 Å². The van der Waals surface area contributed by atoms with Gasteiger partial charge in [-0.1, -0.05) is 45.7 Å². The first kappa shape index (κ1) is 19.9. The molecule has 1 saturated carbocycles. The topological polar surface area (TPSA) is 69.7 Å². The van der Waals surface area contributed by atoms with E-state index in [1.807, 2.05) is 26.8 Å². The van der Waals surface area contributed by atoms with E-state index in [4.69, 9.17) is 0 Å². The van der Waals surface area contributed by atoms with Gasteiger partial charge in [0.15, 0.2) is 0 Å². The van der Waals surface area contributed by atoms with Gasteiger partial charge in [-0.25, -0.2) is 13.1 Å². The summed E-state index contributed by atoms with van der Waals surface area (Å²) >= 11 is 0. The SMILES string of the molecule is CC(C)(C)CC(=O)N1c2ccccc2S(=O)(=O)N[C@H]2CN(C3CCCC3)C[C@@H]21. The van der Waals surface area contributed by atoms with Crippen LogP contribution in [0.2, 0.25) is 0 Å². The number of anilines is 1. The molecular formula is C21H31N3O3S. The molecule has 2 atom stereocenters. The van der Waals surface area contributed by atoms with Gasteiger partial charge in [0.05, 0.1) is 17.8 Å². The van der Waals surface area contributed by atoms with Crippen molar-refractivity contribution < 1.29 is 13.2 Å². The lowest BCUT2D eigenvalue weighted by molar-refractivity contribution is -0.120. The van der Waals surface area contributed by atoms with Crippen LogP contribution in [0.3, 0.4) is 0 Å². The molecule has 1 aromatic carbocycles. The number of amides is 1. The van der Waals surface area contributed by atoms with E-state index >= 15 is 0 Å². The third-order valence-corrected chi connectivity index (χ3v) is 7.70. The number of fused-ring (bicyclic) bond motifs is 2. The number of nitrogens with one attached hydrogen (secondary N) is 1. The lowest BCUT2D eigenvalue weighted by atomic mass is 9.91. The fraction of sp³-hybridized carbons (Fsp3) is 0.667. The molecule has 0 aromatic heterocycles. The van der Waals surface area contributed by atoms with Gasteiger partial charge in [-0.05, 0) is 30.4 Å². The summed E-state index contributed by atoms with van der Waals surface area (Å²) < 4.78 is 29.0. The highest BCUT2D eigenvalue weighted by Gasteiger charge is 2.47. The predicted octanol–water partition coefficient (Wildman–Crippen LogP) is 2.74. The monoisotopic (exact) mass is 405 g/mol. The second-order valence-corrected chi connectivity index (χ2v) is 11.3. The normalized spacial score (nSPS) is 28.0. The number of carbonyl (C=O) groups excluding carboxylic acids is 1. The molecule has 0 bridgehead atoms. The summed E-state index contributed by atoms with van der Waals surface area (Å²) in [6, 6.07) is 6.97. The summed E-state index contributed by atoms with van der Waals surface area (Å²) in [5.74, 6) is 0.00196. The fourth-order valence-electron chi connectivity index (χ4n) is 4.94. The zero-order valence-corrected chi connectivity index (χ0v) is 17.8. The van der Waals surface area contributed by atoms with Crippen LogP contribution < -0.4 is 9.62 Å². The molecule has 0 unspecified atom stereocenters. The number of hydrogen-bond acceptors (Lipinski definition) is 4. The van der Waals surface area contributed by atoms with Gasteiger partial charge in [0.2, 0.25) is 15.9 Å². The van der Waals surface area contributed by atoms with Crippen LogP contribution in [0.4, 0.5) is 5.69 Å². The van der Waals surface area contributed by atoms with Crippen LogP contribution in [0.1, 0.15) is 52.9 Å². The quantitative estimate of drug-likeness (QED) is 0.821. The van der Waals surface area contributed by atoms with E-state index in [1.165, 1.54) is 25.7 Å². The van der Waals surface area contributed by atoms with Crippen molar-refractivity contribution >= 4 is 21.6 Å². The molecule has 6 nitrogen and oxygen atoms in total. The van der Waals surface area contributed by atoms with Crippen LogP contribution in [0, 0.1) is 5.41 Å². The van der Waals surface area contributed by atoms with Crippen molar-refractivity contribution in [1.82, 2.24) is 9.62 Å². The highest BCUT2D eigenvalue weighted by molar-refractivity contribution is 7.89. The Morgan fingerprint density at radius 1 is 1.14 bits per heavy atom. The summed E-state index contributed by atoms with van der Waals surface area (Å²) in [5, 5.41) is 0. The first-order valence-electron chi connectivity index (χ1n) is 10.3. The Morgan fingerprint density at radius 3 is 2.50 bits per heavy atom. The lowest BCUT2D eigenvalue weighted by Crippen LogP contribution is -2.51. The zero-order valence-electron chi connectivity index (χ0n) is 17.0. The Balaban J connectivity index is 1.75. The van der Waals surface area contributed by atoms with E-state index < -0.39 is 10.0 Å². The average Bonchev–Trinajstić information content (AvgIpc) is 3.22. The molecule has 1 aliphatic carbocycles. The Bertz CT molecular complexity index is 856. The molecule has 4 rings (SSSR count). The minimum absolute atomic E-state index is 0.00196. The third kappa shape index (κ3) is 3.72. The largest absolute Gasteiger partial charge is 0.305 e. The summed E-state index contributed by atoms with van der Waals surface area (Å²) in [7, 11) is -3.66. The molecule has 7 heteroatoms. The highest BCUT2D eigenvalue weighted by Crippen LogP contribution is 2.37. The van der Waals surface area contributed by atoms with Gasteiger partial charge in [0, 0.05) is 25.6 Å². The Kier molecular flexibility index (Phi) is 5.04. The number of benzene rings is 1. The highest BCUT2D eigenvalue weighted by atomic mass is 32.2. The number of nitrogens with zero attached hydrogens (tertiary/aromatic N) is 2. The standard InChI is InChI=1S/C21H31N3O3S/c1-21(2,3)12-20(25)24-17-10-6-7-11-19(17)28(26,27)22-16-13-23(14-18(16)24)15-8-4-5-9-15/h6-7,10-11,15-16,18,22H,4-5,8-9,12-14H2,1-3H3/t16-,18-/m0/s1. The van der Waals surface area contributed by atoms with Gasteiger partial charge in [0.25, 0.3) is 0 Å². The van der Waals surface area contributed by atoms with Crippen LogP contribution in [-0.2, 0) is 14.8 Å². The molecule has 2 aliphatic heterocycles. The summed E-state index contributed by atoms with van der Waals surface area (Å²) in [4.78, 5) is 17.8. The molecular weight excluding hydrogens is 374 g/mol. The Labute approximate surface area is 168 Å². The Hall–Kier alpha value is -1.44. The number of carbonyl (C=O) groups is 1. The molecule has 1 aromatic rings. The van der Waals surface area contributed by atoms with Crippen LogP contribution in [0.25, 0.3) is 0 Å². The summed E-state index contributed by atoms with van der Waals surface area (Å²) in [6.45, 7) is 7.52. The van der Waals surface area contributed by atoms with Gasteiger partial charge >= 0.3 is 0 Å². The summed E-state index contributed by atoms with van der Waals surface area (Å²) in [5.41, 5.74) is 0.356. The molecule has 1 N–H and O–H groups in total. The second kappa shape index (κ2) is 7.11. The molecule has 0 spiro atoms. The number of para-hydroxylation sites is 1. The first-order valence-corrected chi connectivity index (χ1v) is 11.8. The minimum atomic E-state index is -3.66. The molecule has 2 fully saturated rings. The second-order valence-electron chi connectivity index (χ2n) is 9.66. The van der Waals surface area contributed by atoms with Crippen molar-refractivity contribution in [3.05, 3.63) is 24.3 Å². The van der Waals surface area contributed by atoms with Crippen molar-refractivity contribution in [2.45, 2.75) is 75.9 Å². The summed E-state index contributed by atoms with van der Waals surface area (Å²) in [6.07, 6.45) is 5.18. The number of likely N-dealkylation sites (tertiary alicyclic amines) is 1. The van der Waals surface area contributed by atoms with Gasteiger partial charge < -0.3 is 4.90 Å². The van der Waals surface area contributed by atoms with Gasteiger partial charge in [-0.15, -0.1) is 0 Å². The smallest absolute Gasteiger partial charge is 0.243 e. The average molecular weight is 406 g/mol. The molecule has 1 amide bonds. The van der Waals surface area contributed by atoms with E-state index in [0.29, 0.717) is 24.7 Å². The van der Waals surface area contributed by atoms with E-state index in [2.05, 4.69) is 9.62 Å². The maximum absolute atomic E-state index is 13.4.